The van der Waals surface area contributed by atoms with Crippen LogP contribution in [0.4, 0.5) is 5.88 Å². The highest BCUT2D eigenvalue weighted by Crippen LogP contribution is 2.21. The molecule has 2 aromatic heterocycles. The van der Waals surface area contributed by atoms with Gasteiger partial charge in [-0.3, -0.25) is 14.9 Å². The van der Waals surface area contributed by atoms with Gasteiger partial charge in [0.05, 0.1) is 17.8 Å². The third kappa shape index (κ3) is 4.09. The molecule has 2 heterocycles. The molecule has 3 aromatic rings. The van der Waals surface area contributed by atoms with E-state index in [1.807, 2.05) is 31.2 Å². The fraction of sp³-hybridized carbons (Fsp3) is 0.167. The molecular weight excluding hydrogens is 350 g/mol. The number of hydrogen-bond acceptors (Lipinski definition) is 6. The number of amides is 1. The van der Waals surface area contributed by atoms with Crippen molar-refractivity contribution in [2.45, 2.75) is 13.0 Å². The molecule has 0 spiro atoms. The van der Waals surface area contributed by atoms with E-state index in [9.17, 15) is 14.9 Å². The monoisotopic (exact) mass is 367 g/mol. The fourth-order valence-corrected chi connectivity index (χ4v) is 2.46. The Morgan fingerprint density at radius 3 is 2.63 bits per heavy atom. The van der Waals surface area contributed by atoms with Crippen molar-refractivity contribution < 1.29 is 14.1 Å². The summed E-state index contributed by atoms with van der Waals surface area (Å²) in [5.74, 6) is -0.369. The summed E-state index contributed by atoms with van der Waals surface area (Å²) in [7, 11) is 1.69. The average Bonchev–Trinajstić information content (AvgIpc) is 3.37. The summed E-state index contributed by atoms with van der Waals surface area (Å²) < 4.78 is 6.65. The van der Waals surface area contributed by atoms with Crippen molar-refractivity contribution >= 4 is 17.9 Å². The third-order valence-corrected chi connectivity index (χ3v) is 4.17. The second-order valence-electron chi connectivity index (χ2n) is 5.82. The van der Waals surface area contributed by atoms with Gasteiger partial charge in [0.25, 0.3) is 0 Å². The van der Waals surface area contributed by atoms with Gasteiger partial charge in [-0.15, -0.1) is 0 Å². The highest BCUT2D eigenvalue weighted by molar-refractivity contribution is 5.91. The Hall–Kier alpha value is -3.75. The van der Waals surface area contributed by atoms with Gasteiger partial charge in [-0.2, -0.15) is 5.10 Å². The molecule has 0 fully saturated rings. The molecule has 0 saturated carbocycles. The number of nitro groups is 1. The predicted molar refractivity (Wildman–Crippen MR) is 96.9 cm³/mol. The second-order valence-corrected chi connectivity index (χ2v) is 5.82. The number of carbonyl (C=O) groups is 1. The lowest BCUT2D eigenvalue weighted by Crippen LogP contribution is -2.27. The highest BCUT2D eigenvalue weighted by Gasteiger charge is 2.16. The van der Waals surface area contributed by atoms with Gasteiger partial charge < -0.3 is 9.32 Å². The van der Waals surface area contributed by atoms with Crippen molar-refractivity contribution in [2.75, 3.05) is 7.05 Å². The van der Waals surface area contributed by atoms with Gasteiger partial charge in [0.1, 0.15) is 23.3 Å². The number of likely N-dealkylation sites (N-methyl/N-ethyl adjacent to an activating group) is 1. The maximum absolute atomic E-state index is 12.4. The number of nitrogens with zero attached hydrogens (tertiary/aromatic N) is 5. The van der Waals surface area contributed by atoms with Crippen LogP contribution in [0.1, 0.15) is 24.3 Å². The maximum atomic E-state index is 12.4. The summed E-state index contributed by atoms with van der Waals surface area (Å²) >= 11 is 0. The largest absolute Gasteiger partial charge is 0.433 e. The maximum Gasteiger partial charge on any atom is 0.433 e. The Balaban J connectivity index is 1.66. The zero-order valence-corrected chi connectivity index (χ0v) is 14.7. The van der Waals surface area contributed by atoms with Gasteiger partial charge in [-0.1, -0.05) is 12.1 Å². The number of benzene rings is 1. The van der Waals surface area contributed by atoms with Gasteiger partial charge in [-0.05, 0) is 36.8 Å². The van der Waals surface area contributed by atoms with Gasteiger partial charge in [0.15, 0.2) is 0 Å². The summed E-state index contributed by atoms with van der Waals surface area (Å²) in [4.78, 5) is 27.8. The Morgan fingerprint density at radius 2 is 2.04 bits per heavy atom. The molecule has 9 nitrogen and oxygen atoms in total. The van der Waals surface area contributed by atoms with Crippen LogP contribution in [0.25, 0.3) is 11.8 Å². The van der Waals surface area contributed by atoms with E-state index in [4.69, 9.17) is 4.42 Å². The molecular formula is C18H17N5O4. The number of hydrogen-bond donors (Lipinski definition) is 0. The predicted octanol–water partition coefficient (Wildman–Crippen LogP) is 3.00. The van der Waals surface area contributed by atoms with Gasteiger partial charge in [0.2, 0.25) is 5.91 Å². The molecule has 1 amide bonds. The van der Waals surface area contributed by atoms with Crippen LogP contribution in [0, 0.1) is 10.1 Å². The molecule has 0 bridgehead atoms. The summed E-state index contributed by atoms with van der Waals surface area (Å²) in [6.07, 6.45) is 5.80. The topological polar surface area (TPSA) is 107 Å². The Kier molecular flexibility index (Phi) is 5.11. The quantitative estimate of drug-likeness (QED) is 0.376. The minimum absolute atomic E-state index is 0.169. The van der Waals surface area contributed by atoms with E-state index in [1.165, 1.54) is 30.6 Å². The van der Waals surface area contributed by atoms with E-state index in [1.54, 1.807) is 23.0 Å². The summed E-state index contributed by atoms with van der Waals surface area (Å²) in [6.45, 7) is 1.91. The minimum atomic E-state index is -0.629. The van der Waals surface area contributed by atoms with E-state index >= 15 is 0 Å². The Morgan fingerprint density at radius 1 is 1.30 bits per heavy atom. The van der Waals surface area contributed by atoms with Crippen LogP contribution in [0.15, 0.2) is 59.5 Å². The van der Waals surface area contributed by atoms with Gasteiger partial charge in [-0.25, -0.2) is 9.67 Å². The molecule has 0 unspecified atom stereocenters. The number of furan rings is 1. The standard InChI is InChI=1S/C18H17N5O4/c1-13(14-3-5-15(6-4-14)22-12-19-11-20-22)21(2)17(24)9-7-16-8-10-18(27-16)23(25)26/h3-13H,1-2H3/b9-7+/t13-/m1/s1. The Labute approximate surface area is 154 Å². The first-order valence-electron chi connectivity index (χ1n) is 8.10. The zero-order valence-electron chi connectivity index (χ0n) is 14.7. The van der Waals surface area contributed by atoms with Crippen molar-refractivity contribution in [1.82, 2.24) is 19.7 Å². The first-order chi connectivity index (χ1) is 13.0. The van der Waals surface area contributed by atoms with Crippen molar-refractivity contribution in [3.8, 4) is 5.69 Å². The number of aromatic nitrogens is 3. The lowest BCUT2D eigenvalue weighted by Gasteiger charge is -2.24. The van der Waals surface area contributed by atoms with Crippen molar-refractivity contribution in [3.05, 3.63) is 76.6 Å². The second kappa shape index (κ2) is 7.65. The van der Waals surface area contributed by atoms with Crippen LogP contribution < -0.4 is 0 Å². The minimum Gasteiger partial charge on any atom is -0.401 e. The van der Waals surface area contributed by atoms with Gasteiger partial charge >= 0.3 is 5.88 Å². The summed E-state index contributed by atoms with van der Waals surface area (Å²) in [5.41, 5.74) is 1.83. The van der Waals surface area contributed by atoms with Crippen LogP contribution in [-0.4, -0.2) is 37.5 Å². The molecule has 3 rings (SSSR count). The van der Waals surface area contributed by atoms with Crippen molar-refractivity contribution in [3.63, 3.8) is 0 Å². The van der Waals surface area contributed by atoms with Crippen LogP contribution >= 0.6 is 0 Å². The van der Waals surface area contributed by atoms with Crippen LogP contribution in [-0.2, 0) is 4.79 Å². The first-order valence-corrected chi connectivity index (χ1v) is 8.10. The van der Waals surface area contributed by atoms with Crippen molar-refractivity contribution in [2.24, 2.45) is 0 Å². The lowest BCUT2D eigenvalue weighted by molar-refractivity contribution is -0.402. The van der Waals surface area contributed by atoms with E-state index in [0.717, 1.165) is 11.3 Å². The molecule has 1 atom stereocenters. The van der Waals surface area contributed by atoms with Crippen LogP contribution in [0.2, 0.25) is 0 Å². The van der Waals surface area contributed by atoms with Crippen LogP contribution in [0.5, 0.6) is 0 Å². The summed E-state index contributed by atoms with van der Waals surface area (Å²) in [6, 6.07) is 10.2. The Bertz CT molecular complexity index is 960. The van der Waals surface area contributed by atoms with E-state index in [2.05, 4.69) is 10.1 Å². The SMILES string of the molecule is C[C@H](c1ccc(-n2cncn2)cc1)N(C)C(=O)/C=C/c1ccc([N+](=O)[O-])o1. The van der Waals surface area contributed by atoms with E-state index in [-0.39, 0.29) is 23.6 Å². The van der Waals surface area contributed by atoms with Crippen LogP contribution in [0.3, 0.4) is 0 Å². The van der Waals surface area contributed by atoms with E-state index < -0.39 is 4.92 Å². The number of rotatable bonds is 6. The molecule has 138 valence electrons. The highest BCUT2D eigenvalue weighted by atomic mass is 16.6. The molecule has 1 aromatic carbocycles. The molecule has 0 aliphatic carbocycles. The number of carbonyl (C=O) groups excluding carboxylic acids is 1. The zero-order chi connectivity index (χ0) is 19.4. The molecule has 0 aliphatic rings. The molecule has 0 radical (unpaired) electrons. The average molecular weight is 367 g/mol. The van der Waals surface area contributed by atoms with Gasteiger partial charge in [0, 0.05) is 13.1 Å². The normalized spacial score (nSPS) is 12.2. The van der Waals surface area contributed by atoms with E-state index in [0.29, 0.717) is 0 Å². The van der Waals surface area contributed by atoms with Crippen molar-refractivity contribution in [1.29, 1.82) is 0 Å². The molecule has 0 aliphatic heterocycles. The summed E-state index contributed by atoms with van der Waals surface area (Å²) in [5, 5.41) is 14.7. The molecule has 27 heavy (non-hydrogen) atoms. The third-order valence-electron chi connectivity index (χ3n) is 4.17. The molecule has 9 heteroatoms. The first kappa shape index (κ1) is 18.1. The fourth-order valence-electron chi connectivity index (χ4n) is 2.46. The molecule has 0 saturated heterocycles. The smallest absolute Gasteiger partial charge is 0.401 e. The lowest BCUT2D eigenvalue weighted by atomic mass is 10.1. The molecule has 0 N–H and O–H groups in total.